The molecule has 0 aliphatic carbocycles. The summed E-state index contributed by atoms with van der Waals surface area (Å²) in [6.45, 7) is 0. The number of aryl methyl sites for hydroxylation is 1. The van der Waals surface area contributed by atoms with Crippen LogP contribution in [0.4, 0.5) is 0 Å². The highest BCUT2D eigenvalue weighted by Crippen LogP contribution is 2.22. The predicted molar refractivity (Wildman–Crippen MR) is 54.3 cm³/mol. The van der Waals surface area contributed by atoms with Crippen LogP contribution in [0.25, 0.3) is 11.1 Å². The third kappa shape index (κ3) is 1.63. The van der Waals surface area contributed by atoms with E-state index in [9.17, 15) is 4.79 Å². The number of aromatic amines is 1. The molecule has 78 valence electrons. The lowest BCUT2D eigenvalue weighted by molar-refractivity contribution is 0.0596. The van der Waals surface area contributed by atoms with E-state index in [4.69, 9.17) is 0 Å². The van der Waals surface area contributed by atoms with Crippen molar-refractivity contribution < 1.29 is 9.53 Å². The monoisotopic (exact) mass is 205 g/mol. The molecule has 0 fully saturated rings. The van der Waals surface area contributed by atoms with Gasteiger partial charge in [-0.05, 0) is 6.07 Å². The van der Waals surface area contributed by atoms with Gasteiger partial charge in [-0.15, -0.1) is 0 Å². The summed E-state index contributed by atoms with van der Waals surface area (Å²) in [6.07, 6.45) is 5.25. The van der Waals surface area contributed by atoms with Gasteiger partial charge < -0.3 is 9.72 Å². The first-order valence-electron chi connectivity index (χ1n) is 4.47. The van der Waals surface area contributed by atoms with Gasteiger partial charge >= 0.3 is 5.97 Å². The first-order valence-corrected chi connectivity index (χ1v) is 4.47. The number of hydrogen-bond donors (Lipinski definition) is 1. The fourth-order valence-corrected chi connectivity index (χ4v) is 1.44. The summed E-state index contributed by atoms with van der Waals surface area (Å²) < 4.78 is 6.35. The van der Waals surface area contributed by atoms with Crippen molar-refractivity contribution in [2.75, 3.05) is 7.11 Å². The number of carbonyl (C=O) groups excluding carboxylic acids is 1. The van der Waals surface area contributed by atoms with Crippen molar-refractivity contribution in [2.45, 2.75) is 0 Å². The lowest BCUT2D eigenvalue weighted by atomic mass is 10.1. The van der Waals surface area contributed by atoms with Crippen LogP contribution in [0, 0.1) is 0 Å². The van der Waals surface area contributed by atoms with Gasteiger partial charge in [0.25, 0.3) is 0 Å². The minimum atomic E-state index is -0.376. The standard InChI is InChI=1S/C10H11N3O2/c1-13-6-7(5-12-13)8-3-4-11-9(8)10(14)15-2/h3-6,11H,1-2H3. The minimum absolute atomic E-state index is 0.376. The second-order valence-corrected chi connectivity index (χ2v) is 3.16. The van der Waals surface area contributed by atoms with Crippen molar-refractivity contribution >= 4 is 5.97 Å². The molecule has 0 aromatic carbocycles. The molecule has 0 saturated carbocycles. The van der Waals surface area contributed by atoms with E-state index in [-0.39, 0.29) is 5.97 Å². The first kappa shape index (κ1) is 9.51. The van der Waals surface area contributed by atoms with Gasteiger partial charge in [0.2, 0.25) is 0 Å². The number of aromatic nitrogens is 3. The Hall–Kier alpha value is -2.04. The molecule has 0 radical (unpaired) electrons. The van der Waals surface area contributed by atoms with Crippen molar-refractivity contribution in [3.63, 3.8) is 0 Å². The maximum absolute atomic E-state index is 11.4. The summed E-state index contributed by atoms with van der Waals surface area (Å²) in [7, 11) is 3.18. The van der Waals surface area contributed by atoms with Crippen LogP contribution in [0.15, 0.2) is 24.7 Å². The Labute approximate surface area is 86.7 Å². The van der Waals surface area contributed by atoms with E-state index < -0.39 is 0 Å². The van der Waals surface area contributed by atoms with Crippen molar-refractivity contribution in [1.29, 1.82) is 0 Å². The van der Waals surface area contributed by atoms with E-state index in [0.717, 1.165) is 11.1 Å². The second kappa shape index (κ2) is 3.61. The summed E-state index contributed by atoms with van der Waals surface area (Å²) >= 11 is 0. The zero-order valence-electron chi connectivity index (χ0n) is 8.52. The highest BCUT2D eigenvalue weighted by atomic mass is 16.5. The van der Waals surface area contributed by atoms with Crippen LogP contribution < -0.4 is 0 Å². The maximum Gasteiger partial charge on any atom is 0.355 e. The molecule has 5 nitrogen and oxygen atoms in total. The molecule has 0 bridgehead atoms. The van der Waals surface area contributed by atoms with Crippen molar-refractivity contribution in [3.8, 4) is 11.1 Å². The Kier molecular flexibility index (Phi) is 2.29. The topological polar surface area (TPSA) is 59.9 Å². The van der Waals surface area contributed by atoms with Crippen LogP contribution in [0.3, 0.4) is 0 Å². The molecule has 2 heterocycles. The van der Waals surface area contributed by atoms with Gasteiger partial charge in [0.1, 0.15) is 5.69 Å². The molecule has 0 atom stereocenters. The Bertz CT molecular complexity index is 484. The molecule has 0 amide bonds. The summed E-state index contributed by atoms with van der Waals surface area (Å²) in [5.74, 6) is -0.376. The smallest absolute Gasteiger partial charge is 0.355 e. The van der Waals surface area contributed by atoms with Gasteiger partial charge in [0.05, 0.1) is 13.3 Å². The van der Waals surface area contributed by atoms with Crippen LogP contribution in [0.1, 0.15) is 10.5 Å². The number of nitrogens with zero attached hydrogens (tertiary/aromatic N) is 2. The lowest BCUT2D eigenvalue weighted by Gasteiger charge is -1.98. The van der Waals surface area contributed by atoms with E-state index in [0.29, 0.717) is 5.69 Å². The molecule has 0 aliphatic heterocycles. The second-order valence-electron chi connectivity index (χ2n) is 3.16. The summed E-state index contributed by atoms with van der Waals surface area (Å²) in [6, 6.07) is 1.82. The molecule has 2 aromatic rings. The number of rotatable bonds is 2. The average Bonchev–Trinajstić information content (AvgIpc) is 2.84. The van der Waals surface area contributed by atoms with Gasteiger partial charge in [0, 0.05) is 30.6 Å². The number of hydrogen-bond acceptors (Lipinski definition) is 3. The highest BCUT2D eigenvalue weighted by molar-refractivity contribution is 5.95. The summed E-state index contributed by atoms with van der Waals surface area (Å²) in [5.41, 5.74) is 2.14. The number of H-pyrrole nitrogens is 1. The molecule has 0 aliphatic rings. The van der Waals surface area contributed by atoms with Crippen molar-refractivity contribution in [2.24, 2.45) is 7.05 Å². The molecule has 2 aromatic heterocycles. The average molecular weight is 205 g/mol. The molecule has 1 N–H and O–H groups in total. The molecular weight excluding hydrogens is 194 g/mol. The van der Waals surface area contributed by atoms with Gasteiger partial charge in [-0.2, -0.15) is 5.10 Å². The predicted octanol–water partition coefficient (Wildman–Crippen LogP) is 1.20. The molecule has 15 heavy (non-hydrogen) atoms. The quantitative estimate of drug-likeness (QED) is 0.749. The summed E-state index contributed by atoms with van der Waals surface area (Å²) in [5, 5.41) is 4.05. The molecular formula is C10H11N3O2. The Morgan fingerprint density at radius 1 is 1.60 bits per heavy atom. The van der Waals surface area contributed by atoms with Crippen LogP contribution >= 0.6 is 0 Å². The van der Waals surface area contributed by atoms with E-state index in [1.54, 1.807) is 17.1 Å². The van der Waals surface area contributed by atoms with Crippen LogP contribution in [-0.2, 0) is 11.8 Å². The minimum Gasteiger partial charge on any atom is -0.464 e. The Morgan fingerprint density at radius 3 is 3.00 bits per heavy atom. The van der Waals surface area contributed by atoms with Gasteiger partial charge in [-0.3, -0.25) is 4.68 Å². The number of nitrogens with one attached hydrogen (secondary N) is 1. The van der Waals surface area contributed by atoms with Crippen LogP contribution in [-0.4, -0.2) is 27.8 Å². The largest absolute Gasteiger partial charge is 0.464 e. The molecule has 0 unspecified atom stereocenters. The molecule has 0 spiro atoms. The van der Waals surface area contributed by atoms with E-state index in [1.165, 1.54) is 7.11 Å². The third-order valence-corrected chi connectivity index (χ3v) is 2.15. The van der Waals surface area contributed by atoms with E-state index in [2.05, 4.69) is 14.8 Å². The zero-order valence-corrected chi connectivity index (χ0v) is 8.52. The molecule has 5 heteroatoms. The molecule has 2 rings (SSSR count). The molecule has 0 saturated heterocycles. The zero-order chi connectivity index (χ0) is 10.8. The maximum atomic E-state index is 11.4. The number of methoxy groups -OCH3 is 1. The number of ether oxygens (including phenoxy) is 1. The fraction of sp³-hybridized carbons (Fsp3) is 0.200. The Morgan fingerprint density at radius 2 is 2.40 bits per heavy atom. The number of carbonyl (C=O) groups is 1. The first-order chi connectivity index (χ1) is 7.22. The van der Waals surface area contributed by atoms with Crippen LogP contribution in [0.5, 0.6) is 0 Å². The Balaban J connectivity index is 2.45. The SMILES string of the molecule is COC(=O)c1[nH]ccc1-c1cnn(C)c1. The van der Waals surface area contributed by atoms with E-state index >= 15 is 0 Å². The van der Waals surface area contributed by atoms with Gasteiger partial charge in [0.15, 0.2) is 0 Å². The normalized spacial score (nSPS) is 10.3. The lowest BCUT2D eigenvalue weighted by Crippen LogP contribution is -2.02. The summed E-state index contributed by atoms with van der Waals surface area (Å²) in [4.78, 5) is 14.2. The van der Waals surface area contributed by atoms with Crippen molar-refractivity contribution in [1.82, 2.24) is 14.8 Å². The van der Waals surface area contributed by atoms with Gasteiger partial charge in [-0.25, -0.2) is 4.79 Å². The van der Waals surface area contributed by atoms with Gasteiger partial charge in [-0.1, -0.05) is 0 Å². The third-order valence-electron chi connectivity index (χ3n) is 2.15. The highest BCUT2D eigenvalue weighted by Gasteiger charge is 2.15. The number of esters is 1. The van der Waals surface area contributed by atoms with Crippen molar-refractivity contribution in [3.05, 3.63) is 30.4 Å². The van der Waals surface area contributed by atoms with E-state index in [1.807, 2.05) is 19.3 Å². The fourth-order valence-electron chi connectivity index (χ4n) is 1.44. The van der Waals surface area contributed by atoms with Crippen LogP contribution in [0.2, 0.25) is 0 Å².